The van der Waals surface area contributed by atoms with Crippen LogP contribution in [-0.2, 0) is 19.3 Å². The summed E-state index contributed by atoms with van der Waals surface area (Å²) in [6.07, 6.45) is 4.67. The quantitative estimate of drug-likeness (QED) is 0.873. The Morgan fingerprint density at radius 1 is 0.905 bits per heavy atom. The smallest absolute Gasteiger partial charge is 0.0335 e. The largest absolute Gasteiger partial charge is 0.324 e. The Kier molecular flexibility index (Phi) is 4.12. The number of benzene rings is 2. The van der Waals surface area contributed by atoms with Crippen LogP contribution in [0.25, 0.3) is 0 Å². The van der Waals surface area contributed by atoms with Crippen LogP contribution in [0.1, 0.15) is 60.0 Å². The van der Waals surface area contributed by atoms with Crippen molar-refractivity contribution in [1.82, 2.24) is 0 Å². The van der Waals surface area contributed by atoms with E-state index in [1.54, 1.807) is 0 Å². The van der Waals surface area contributed by atoms with E-state index in [4.69, 9.17) is 5.73 Å². The lowest BCUT2D eigenvalue weighted by Gasteiger charge is -2.14. The van der Waals surface area contributed by atoms with Crippen LogP contribution in [0, 0.1) is 0 Å². The number of hydrogen-bond donors (Lipinski definition) is 1. The van der Waals surface area contributed by atoms with Crippen LogP contribution in [0.3, 0.4) is 0 Å². The molecule has 0 heterocycles. The van der Waals surface area contributed by atoms with E-state index >= 15 is 0 Å². The molecule has 0 saturated carbocycles. The summed E-state index contributed by atoms with van der Waals surface area (Å²) >= 11 is 0. The fraction of sp³-hybridized carbons (Fsp3) is 0.400. The van der Waals surface area contributed by atoms with Crippen molar-refractivity contribution in [2.75, 3.05) is 0 Å². The molecule has 1 aliphatic carbocycles. The van der Waals surface area contributed by atoms with Crippen LogP contribution < -0.4 is 5.73 Å². The Hall–Kier alpha value is -1.60. The van der Waals surface area contributed by atoms with Gasteiger partial charge >= 0.3 is 0 Å². The fourth-order valence-electron chi connectivity index (χ4n) is 3.23. The van der Waals surface area contributed by atoms with Gasteiger partial charge in [0.25, 0.3) is 0 Å². The number of fused-ring (bicyclic) bond motifs is 1. The zero-order valence-electron chi connectivity index (χ0n) is 13.1. The summed E-state index contributed by atoms with van der Waals surface area (Å²) < 4.78 is 0. The van der Waals surface area contributed by atoms with Crippen molar-refractivity contribution in [2.45, 2.75) is 51.5 Å². The maximum atomic E-state index is 6.42. The van der Waals surface area contributed by atoms with Gasteiger partial charge in [0, 0.05) is 6.04 Å². The molecule has 0 amide bonds. The molecule has 0 aliphatic heterocycles. The molecule has 0 spiro atoms. The van der Waals surface area contributed by atoms with Gasteiger partial charge in [-0.3, -0.25) is 0 Å². The van der Waals surface area contributed by atoms with Crippen LogP contribution in [0.4, 0.5) is 0 Å². The average Bonchev–Trinajstić information content (AvgIpc) is 2.95. The summed E-state index contributed by atoms with van der Waals surface area (Å²) in [7, 11) is 0. The second-order valence-corrected chi connectivity index (χ2v) is 6.59. The van der Waals surface area contributed by atoms with E-state index in [1.807, 2.05) is 0 Å². The highest BCUT2D eigenvalue weighted by molar-refractivity contribution is 5.37. The lowest BCUT2D eigenvalue weighted by Crippen LogP contribution is -2.13. The number of hydrogen-bond acceptors (Lipinski definition) is 1. The van der Waals surface area contributed by atoms with Gasteiger partial charge in [0.2, 0.25) is 0 Å². The minimum atomic E-state index is 0.0980. The van der Waals surface area contributed by atoms with E-state index in [-0.39, 0.29) is 6.04 Å². The van der Waals surface area contributed by atoms with Crippen molar-refractivity contribution >= 4 is 0 Å². The molecule has 1 atom stereocenters. The highest BCUT2D eigenvalue weighted by Gasteiger charge is 2.14. The van der Waals surface area contributed by atoms with E-state index < -0.39 is 0 Å². The summed E-state index contributed by atoms with van der Waals surface area (Å²) in [5.41, 5.74) is 13.5. The monoisotopic (exact) mass is 279 g/mol. The first-order chi connectivity index (χ1) is 10.1. The Bertz CT molecular complexity index is 610. The van der Waals surface area contributed by atoms with Gasteiger partial charge in [-0.25, -0.2) is 0 Å². The molecule has 1 aliphatic rings. The first-order valence-corrected chi connectivity index (χ1v) is 8.09. The third-order valence-electron chi connectivity index (χ3n) is 4.65. The molecule has 1 nitrogen and oxygen atoms in total. The maximum Gasteiger partial charge on any atom is 0.0335 e. The van der Waals surface area contributed by atoms with Crippen LogP contribution in [-0.4, -0.2) is 0 Å². The Balaban J connectivity index is 1.72. The van der Waals surface area contributed by atoms with Gasteiger partial charge in [-0.1, -0.05) is 56.3 Å². The van der Waals surface area contributed by atoms with E-state index in [2.05, 4.69) is 56.3 Å². The highest BCUT2D eigenvalue weighted by atomic mass is 14.6. The third-order valence-corrected chi connectivity index (χ3v) is 4.65. The summed E-state index contributed by atoms with van der Waals surface area (Å²) in [5.74, 6) is 0.587. The molecule has 3 rings (SSSR count). The number of rotatable bonds is 4. The average molecular weight is 279 g/mol. The van der Waals surface area contributed by atoms with Crippen LogP contribution in [0.15, 0.2) is 42.5 Å². The van der Waals surface area contributed by atoms with Gasteiger partial charge in [0.1, 0.15) is 0 Å². The van der Waals surface area contributed by atoms with Crippen LogP contribution in [0.2, 0.25) is 0 Å². The number of aryl methyl sites for hydroxylation is 2. The molecule has 1 unspecified atom stereocenters. The molecule has 21 heavy (non-hydrogen) atoms. The first kappa shape index (κ1) is 14.3. The van der Waals surface area contributed by atoms with Crippen molar-refractivity contribution in [3.05, 3.63) is 70.3 Å². The molecule has 0 aromatic heterocycles. The van der Waals surface area contributed by atoms with Crippen molar-refractivity contribution in [3.63, 3.8) is 0 Å². The number of nitrogens with two attached hydrogens (primary N) is 1. The Morgan fingerprint density at radius 2 is 1.57 bits per heavy atom. The molecule has 0 bridgehead atoms. The Labute approximate surface area is 128 Å². The molecule has 110 valence electrons. The molecular weight excluding hydrogens is 254 g/mol. The predicted molar refractivity (Wildman–Crippen MR) is 89.6 cm³/mol. The van der Waals surface area contributed by atoms with Gasteiger partial charge in [-0.05, 0) is 59.4 Å². The first-order valence-electron chi connectivity index (χ1n) is 8.09. The van der Waals surface area contributed by atoms with Crippen molar-refractivity contribution in [2.24, 2.45) is 5.73 Å². The molecule has 2 N–H and O–H groups in total. The fourth-order valence-corrected chi connectivity index (χ4v) is 3.23. The zero-order chi connectivity index (χ0) is 14.8. The topological polar surface area (TPSA) is 26.0 Å². The molecule has 2 aromatic carbocycles. The standard InChI is InChI=1S/C20H25N/c1-14(2)16-8-6-15(7-9-16)12-20(21)19-11-10-17-4-3-5-18(17)13-19/h6-11,13-14,20H,3-5,12,21H2,1-2H3. The van der Waals surface area contributed by atoms with E-state index in [1.165, 1.54) is 47.1 Å². The molecule has 2 aromatic rings. The summed E-state index contributed by atoms with van der Waals surface area (Å²) in [5, 5.41) is 0. The maximum absolute atomic E-state index is 6.42. The molecule has 1 heteroatoms. The summed E-state index contributed by atoms with van der Waals surface area (Å²) in [6, 6.07) is 15.8. The second-order valence-electron chi connectivity index (χ2n) is 6.59. The lowest BCUT2D eigenvalue weighted by atomic mass is 9.95. The van der Waals surface area contributed by atoms with Gasteiger partial charge in [0.05, 0.1) is 0 Å². The third kappa shape index (κ3) is 3.19. The van der Waals surface area contributed by atoms with Crippen molar-refractivity contribution in [1.29, 1.82) is 0 Å². The minimum Gasteiger partial charge on any atom is -0.324 e. The van der Waals surface area contributed by atoms with Crippen LogP contribution in [0.5, 0.6) is 0 Å². The zero-order valence-corrected chi connectivity index (χ0v) is 13.1. The van der Waals surface area contributed by atoms with E-state index in [0.717, 1.165) is 6.42 Å². The van der Waals surface area contributed by atoms with Gasteiger partial charge in [0.15, 0.2) is 0 Å². The normalized spacial score (nSPS) is 15.2. The Morgan fingerprint density at radius 3 is 2.29 bits per heavy atom. The molecular formula is C20H25N. The molecule has 0 saturated heterocycles. The summed E-state index contributed by atoms with van der Waals surface area (Å²) in [4.78, 5) is 0. The van der Waals surface area contributed by atoms with E-state index in [9.17, 15) is 0 Å². The van der Waals surface area contributed by atoms with Gasteiger partial charge in [-0.15, -0.1) is 0 Å². The minimum absolute atomic E-state index is 0.0980. The van der Waals surface area contributed by atoms with Gasteiger partial charge in [-0.2, -0.15) is 0 Å². The van der Waals surface area contributed by atoms with Crippen LogP contribution >= 0.6 is 0 Å². The summed E-state index contributed by atoms with van der Waals surface area (Å²) in [6.45, 7) is 4.45. The highest BCUT2D eigenvalue weighted by Crippen LogP contribution is 2.26. The SMILES string of the molecule is CC(C)c1ccc(CC(N)c2ccc3c(c2)CCC3)cc1. The van der Waals surface area contributed by atoms with Crippen molar-refractivity contribution in [3.8, 4) is 0 Å². The van der Waals surface area contributed by atoms with Gasteiger partial charge < -0.3 is 5.73 Å². The molecule has 0 fully saturated rings. The van der Waals surface area contributed by atoms with Crippen molar-refractivity contribution < 1.29 is 0 Å². The molecule has 0 radical (unpaired) electrons. The second kappa shape index (κ2) is 6.03. The lowest BCUT2D eigenvalue weighted by molar-refractivity contribution is 0.720. The van der Waals surface area contributed by atoms with E-state index in [0.29, 0.717) is 5.92 Å². The predicted octanol–water partition coefficient (Wildman–Crippen LogP) is 4.54.